The summed E-state index contributed by atoms with van der Waals surface area (Å²) in [5, 5.41) is 6.65. The summed E-state index contributed by atoms with van der Waals surface area (Å²) in [6, 6.07) is 6.61. The van der Waals surface area contributed by atoms with Crippen molar-refractivity contribution in [2.45, 2.75) is 20.3 Å². The van der Waals surface area contributed by atoms with Crippen LogP contribution in [-0.2, 0) is 6.42 Å². The molecule has 0 atom stereocenters. The van der Waals surface area contributed by atoms with E-state index in [-0.39, 0.29) is 35.2 Å². The molecular formula is C17H30FIN4. The van der Waals surface area contributed by atoms with Gasteiger partial charge in [-0.1, -0.05) is 26.0 Å². The maximum Gasteiger partial charge on any atom is 0.191 e. The summed E-state index contributed by atoms with van der Waals surface area (Å²) in [6.45, 7) is 7.07. The largest absolute Gasteiger partial charge is 0.356 e. The van der Waals surface area contributed by atoms with Crippen LogP contribution in [-0.4, -0.2) is 51.6 Å². The highest BCUT2D eigenvalue weighted by atomic mass is 127. The van der Waals surface area contributed by atoms with Gasteiger partial charge in [0.25, 0.3) is 0 Å². The number of halogens is 2. The molecule has 1 rings (SSSR count). The number of nitrogens with zero attached hydrogens (tertiary/aromatic N) is 2. The van der Waals surface area contributed by atoms with Gasteiger partial charge in [0.15, 0.2) is 5.96 Å². The van der Waals surface area contributed by atoms with Crippen molar-refractivity contribution in [2.75, 3.05) is 40.8 Å². The average molecular weight is 436 g/mol. The number of guanidine groups is 1. The van der Waals surface area contributed by atoms with Crippen LogP contribution in [0.15, 0.2) is 29.3 Å². The van der Waals surface area contributed by atoms with Crippen molar-refractivity contribution in [1.29, 1.82) is 0 Å². The fraction of sp³-hybridized carbons (Fsp3) is 0.588. The van der Waals surface area contributed by atoms with Gasteiger partial charge in [0.1, 0.15) is 5.82 Å². The van der Waals surface area contributed by atoms with E-state index in [1.807, 2.05) is 12.1 Å². The van der Waals surface area contributed by atoms with Crippen molar-refractivity contribution < 1.29 is 4.39 Å². The van der Waals surface area contributed by atoms with Crippen LogP contribution in [0.1, 0.15) is 19.4 Å². The molecule has 0 aromatic heterocycles. The van der Waals surface area contributed by atoms with Gasteiger partial charge >= 0.3 is 0 Å². The minimum Gasteiger partial charge on any atom is -0.356 e. The summed E-state index contributed by atoms with van der Waals surface area (Å²) in [5.74, 6) is 0.603. The van der Waals surface area contributed by atoms with Crippen LogP contribution in [0.3, 0.4) is 0 Å². The predicted molar refractivity (Wildman–Crippen MR) is 107 cm³/mol. The lowest BCUT2D eigenvalue weighted by molar-refractivity contribution is 0.241. The summed E-state index contributed by atoms with van der Waals surface area (Å²) in [7, 11) is 5.93. The Morgan fingerprint density at radius 1 is 1.17 bits per heavy atom. The zero-order valence-electron chi connectivity index (χ0n) is 14.8. The maximum absolute atomic E-state index is 12.8. The summed E-state index contributed by atoms with van der Waals surface area (Å²) in [6.07, 6.45) is 0.835. The van der Waals surface area contributed by atoms with Crippen molar-refractivity contribution in [3.05, 3.63) is 35.6 Å². The maximum atomic E-state index is 12.8. The highest BCUT2D eigenvalue weighted by Gasteiger charge is 2.19. The molecule has 0 radical (unpaired) electrons. The second-order valence-electron chi connectivity index (χ2n) is 6.63. The fourth-order valence-electron chi connectivity index (χ4n) is 2.43. The molecule has 0 spiro atoms. The van der Waals surface area contributed by atoms with E-state index in [0.29, 0.717) is 0 Å². The van der Waals surface area contributed by atoms with E-state index in [9.17, 15) is 4.39 Å². The molecule has 0 aliphatic heterocycles. The lowest BCUT2D eigenvalue weighted by Crippen LogP contribution is -2.45. The molecular weight excluding hydrogens is 406 g/mol. The zero-order valence-corrected chi connectivity index (χ0v) is 17.1. The summed E-state index contributed by atoms with van der Waals surface area (Å²) in [5.41, 5.74) is 1.27. The minimum atomic E-state index is -0.197. The van der Waals surface area contributed by atoms with Crippen LogP contribution < -0.4 is 10.6 Å². The Morgan fingerprint density at radius 2 is 1.78 bits per heavy atom. The molecule has 0 heterocycles. The van der Waals surface area contributed by atoms with Gasteiger partial charge in [-0.05, 0) is 43.6 Å². The number of nitrogens with one attached hydrogen (secondary N) is 2. The third-order valence-corrected chi connectivity index (χ3v) is 3.32. The topological polar surface area (TPSA) is 39.7 Å². The second-order valence-corrected chi connectivity index (χ2v) is 6.63. The summed E-state index contributed by atoms with van der Waals surface area (Å²) >= 11 is 0. The van der Waals surface area contributed by atoms with E-state index in [1.165, 1.54) is 12.1 Å². The van der Waals surface area contributed by atoms with Crippen LogP contribution in [0.5, 0.6) is 0 Å². The third-order valence-electron chi connectivity index (χ3n) is 3.32. The van der Waals surface area contributed by atoms with Gasteiger partial charge < -0.3 is 15.5 Å². The molecule has 0 saturated carbocycles. The Kier molecular flexibility index (Phi) is 10.4. The highest BCUT2D eigenvalue weighted by molar-refractivity contribution is 14.0. The Bertz CT molecular complexity index is 472. The first kappa shape index (κ1) is 22.1. The van der Waals surface area contributed by atoms with E-state index in [2.05, 4.69) is 48.5 Å². The van der Waals surface area contributed by atoms with Gasteiger partial charge in [-0.25, -0.2) is 4.39 Å². The van der Waals surface area contributed by atoms with Gasteiger partial charge in [-0.3, -0.25) is 4.99 Å². The molecule has 0 aliphatic rings. The number of hydrogen-bond donors (Lipinski definition) is 2. The summed E-state index contributed by atoms with van der Waals surface area (Å²) < 4.78 is 12.8. The Balaban J connectivity index is 0.00000484. The lowest BCUT2D eigenvalue weighted by Gasteiger charge is -2.29. The van der Waals surface area contributed by atoms with Gasteiger partial charge in [0.2, 0.25) is 0 Å². The predicted octanol–water partition coefficient (Wildman–Crippen LogP) is 2.74. The molecule has 0 saturated heterocycles. The first-order valence-electron chi connectivity index (χ1n) is 7.66. The van der Waals surface area contributed by atoms with Gasteiger partial charge in [0.05, 0.1) is 0 Å². The van der Waals surface area contributed by atoms with E-state index in [4.69, 9.17) is 0 Å². The van der Waals surface area contributed by atoms with Crippen LogP contribution in [0.2, 0.25) is 0 Å². The molecule has 0 aliphatic carbocycles. The first-order valence-corrected chi connectivity index (χ1v) is 7.66. The Hall–Kier alpha value is -0.890. The fourth-order valence-corrected chi connectivity index (χ4v) is 2.43. The molecule has 23 heavy (non-hydrogen) atoms. The minimum absolute atomic E-state index is 0. The molecule has 1 aromatic rings. The smallest absolute Gasteiger partial charge is 0.191 e. The first-order chi connectivity index (χ1) is 10.3. The third kappa shape index (κ3) is 9.76. The van der Waals surface area contributed by atoms with Crippen molar-refractivity contribution in [1.82, 2.24) is 15.5 Å². The monoisotopic (exact) mass is 436 g/mol. The molecule has 6 heteroatoms. The van der Waals surface area contributed by atoms with Crippen LogP contribution in [0.25, 0.3) is 0 Å². The molecule has 0 bridgehead atoms. The number of rotatable bonds is 7. The van der Waals surface area contributed by atoms with E-state index < -0.39 is 0 Å². The van der Waals surface area contributed by atoms with E-state index >= 15 is 0 Å². The highest BCUT2D eigenvalue weighted by Crippen LogP contribution is 2.13. The summed E-state index contributed by atoms with van der Waals surface area (Å²) in [4.78, 5) is 6.42. The number of benzene rings is 1. The van der Waals surface area contributed by atoms with Crippen LogP contribution >= 0.6 is 24.0 Å². The van der Waals surface area contributed by atoms with E-state index in [1.54, 1.807) is 7.05 Å². The number of aliphatic imine (C=N–C) groups is 1. The quantitative estimate of drug-likeness (QED) is 0.393. The van der Waals surface area contributed by atoms with Crippen molar-refractivity contribution in [2.24, 2.45) is 10.4 Å². The van der Waals surface area contributed by atoms with Gasteiger partial charge in [-0.15, -0.1) is 24.0 Å². The Labute approximate surface area is 157 Å². The Morgan fingerprint density at radius 3 is 2.30 bits per heavy atom. The SMILES string of the molecule is CN=C(NCCc1ccc(F)cc1)NCC(C)(C)CN(C)C.I. The molecule has 4 nitrogen and oxygen atoms in total. The number of hydrogen-bond acceptors (Lipinski definition) is 2. The molecule has 132 valence electrons. The van der Waals surface area contributed by atoms with Crippen LogP contribution in [0.4, 0.5) is 4.39 Å². The van der Waals surface area contributed by atoms with E-state index in [0.717, 1.165) is 37.6 Å². The zero-order chi connectivity index (χ0) is 16.6. The normalized spacial score (nSPS) is 12.0. The standard InChI is InChI=1S/C17H29FN4.HI/c1-17(2,13-22(4)5)12-21-16(19-3)20-11-10-14-6-8-15(18)9-7-14;/h6-9H,10-13H2,1-5H3,(H2,19,20,21);1H. The second kappa shape index (κ2) is 10.8. The van der Waals surface area contributed by atoms with Crippen LogP contribution in [0, 0.1) is 11.2 Å². The van der Waals surface area contributed by atoms with Crippen molar-refractivity contribution >= 4 is 29.9 Å². The molecule has 0 fully saturated rings. The van der Waals surface area contributed by atoms with Crippen molar-refractivity contribution in [3.63, 3.8) is 0 Å². The van der Waals surface area contributed by atoms with Gasteiger partial charge in [0, 0.05) is 26.7 Å². The molecule has 0 amide bonds. The van der Waals surface area contributed by atoms with Gasteiger partial charge in [-0.2, -0.15) is 0 Å². The molecule has 1 aromatic carbocycles. The lowest BCUT2D eigenvalue weighted by atomic mass is 9.93. The van der Waals surface area contributed by atoms with Crippen molar-refractivity contribution in [3.8, 4) is 0 Å². The molecule has 2 N–H and O–H groups in total. The average Bonchev–Trinajstić information content (AvgIpc) is 2.43. The molecule has 0 unspecified atom stereocenters.